The summed E-state index contributed by atoms with van der Waals surface area (Å²) in [5.74, 6) is -0.337. The van der Waals surface area contributed by atoms with Crippen molar-refractivity contribution in [1.29, 1.82) is 5.26 Å². The second-order valence-corrected chi connectivity index (χ2v) is 5.78. The van der Waals surface area contributed by atoms with Crippen molar-refractivity contribution in [3.05, 3.63) is 68.5 Å². The van der Waals surface area contributed by atoms with Crippen LogP contribution in [0.3, 0.4) is 0 Å². The Balaban J connectivity index is 2.37. The van der Waals surface area contributed by atoms with Crippen LogP contribution in [0.15, 0.2) is 35.9 Å². The average Bonchev–Trinajstić information content (AvgIpc) is 2.88. The summed E-state index contributed by atoms with van der Waals surface area (Å²) in [6.45, 7) is 6.69. The number of benzene rings is 1. The van der Waals surface area contributed by atoms with Crippen LogP contribution in [-0.2, 0) is 6.54 Å². The lowest BCUT2D eigenvalue weighted by Crippen LogP contribution is -2.06. The normalized spacial score (nSPS) is 11.2. The first kappa shape index (κ1) is 18.1. The van der Waals surface area contributed by atoms with Gasteiger partial charge in [-0.3, -0.25) is 14.9 Å². The molecule has 0 spiro atoms. The number of nitriles is 1. The number of non-ortho nitro benzene ring substituents is 1. The zero-order chi connectivity index (χ0) is 18.6. The van der Waals surface area contributed by atoms with Crippen molar-refractivity contribution < 1.29 is 9.72 Å². The van der Waals surface area contributed by atoms with Gasteiger partial charge in [-0.15, -0.1) is 0 Å². The molecule has 0 aliphatic heterocycles. The number of hydrogen-bond donors (Lipinski definition) is 0. The molecule has 0 aliphatic carbocycles. The first-order valence-corrected chi connectivity index (χ1v) is 7.96. The number of nitrogens with zero attached hydrogens (tertiary/aromatic N) is 3. The molecule has 0 saturated heterocycles. The minimum atomic E-state index is -0.494. The van der Waals surface area contributed by atoms with Crippen molar-refractivity contribution in [3.8, 4) is 6.07 Å². The van der Waals surface area contributed by atoms with E-state index in [1.54, 1.807) is 6.07 Å². The molecule has 0 atom stereocenters. The first-order chi connectivity index (χ1) is 11.9. The van der Waals surface area contributed by atoms with Crippen LogP contribution in [0.1, 0.15) is 40.7 Å². The van der Waals surface area contributed by atoms with E-state index in [1.807, 2.05) is 19.9 Å². The lowest BCUT2D eigenvalue weighted by atomic mass is 10.0. The third kappa shape index (κ3) is 3.83. The van der Waals surface area contributed by atoms with E-state index in [2.05, 4.69) is 11.5 Å². The fourth-order valence-corrected chi connectivity index (χ4v) is 2.75. The Morgan fingerprint density at radius 3 is 2.48 bits per heavy atom. The van der Waals surface area contributed by atoms with Crippen molar-refractivity contribution >= 4 is 17.5 Å². The number of nitro groups is 1. The van der Waals surface area contributed by atoms with Gasteiger partial charge in [0.15, 0.2) is 0 Å². The van der Waals surface area contributed by atoms with Crippen molar-refractivity contribution in [1.82, 2.24) is 4.57 Å². The van der Waals surface area contributed by atoms with E-state index in [4.69, 9.17) is 0 Å². The fourth-order valence-electron chi connectivity index (χ4n) is 2.75. The Labute approximate surface area is 146 Å². The maximum Gasteiger partial charge on any atom is 0.269 e. The van der Waals surface area contributed by atoms with Gasteiger partial charge in [0, 0.05) is 35.6 Å². The molecule has 0 fully saturated rings. The van der Waals surface area contributed by atoms with Crippen molar-refractivity contribution in [2.75, 3.05) is 0 Å². The van der Waals surface area contributed by atoms with E-state index in [0.29, 0.717) is 11.1 Å². The minimum Gasteiger partial charge on any atom is -0.348 e. The molecule has 6 heteroatoms. The maximum absolute atomic E-state index is 12.7. The Morgan fingerprint density at radius 2 is 1.96 bits per heavy atom. The molecule has 6 nitrogen and oxygen atoms in total. The summed E-state index contributed by atoms with van der Waals surface area (Å²) in [5, 5.41) is 20.1. The molecule has 0 bridgehead atoms. The zero-order valence-corrected chi connectivity index (χ0v) is 14.4. The number of rotatable bonds is 6. The zero-order valence-electron chi connectivity index (χ0n) is 14.4. The van der Waals surface area contributed by atoms with Crippen LogP contribution < -0.4 is 0 Å². The number of aryl methyl sites for hydroxylation is 1. The highest BCUT2D eigenvalue weighted by atomic mass is 16.6. The highest BCUT2D eigenvalue weighted by Gasteiger charge is 2.19. The van der Waals surface area contributed by atoms with E-state index in [9.17, 15) is 20.2 Å². The summed E-state index contributed by atoms with van der Waals surface area (Å²) in [7, 11) is 0. The molecule has 0 amide bonds. The molecule has 2 aromatic rings. The third-order valence-corrected chi connectivity index (χ3v) is 4.05. The Hall–Kier alpha value is -3.20. The van der Waals surface area contributed by atoms with Gasteiger partial charge >= 0.3 is 0 Å². The number of carbonyl (C=O) groups is 1. The number of Topliss-reactive ketones (excluding diaryl/α,β-unsaturated/α-hetero) is 1. The molecule has 0 unspecified atom stereocenters. The van der Waals surface area contributed by atoms with Crippen LogP contribution in [0, 0.1) is 35.3 Å². The summed E-state index contributed by atoms with van der Waals surface area (Å²) in [6.07, 6.45) is 2.41. The molecular formula is C19H19N3O3. The summed E-state index contributed by atoms with van der Waals surface area (Å²) in [5.41, 5.74) is 2.87. The standard InChI is InChI=1S/C19H19N3O3/c1-4-9-21-13(2)10-18(14(21)3)19(23)16(12-20)11-15-5-7-17(8-6-15)22(24)25/h5-8,10-11H,4,9H2,1-3H3/b16-11+. The lowest BCUT2D eigenvalue weighted by Gasteiger charge is -2.07. The van der Waals surface area contributed by atoms with Gasteiger partial charge in [-0.1, -0.05) is 6.92 Å². The number of allylic oxidation sites excluding steroid dienone is 1. The molecule has 128 valence electrons. The Bertz CT molecular complexity index is 884. The van der Waals surface area contributed by atoms with E-state index in [-0.39, 0.29) is 17.0 Å². The smallest absolute Gasteiger partial charge is 0.269 e. The molecule has 0 saturated carbocycles. The van der Waals surface area contributed by atoms with E-state index in [0.717, 1.165) is 24.4 Å². The molecule has 2 rings (SSSR count). The van der Waals surface area contributed by atoms with E-state index < -0.39 is 4.92 Å². The van der Waals surface area contributed by atoms with Crippen molar-refractivity contribution in [2.24, 2.45) is 0 Å². The molecule has 1 aromatic carbocycles. The fraction of sp³-hybridized carbons (Fsp3) is 0.263. The number of nitro benzene ring substituents is 1. The molecule has 1 aromatic heterocycles. The van der Waals surface area contributed by atoms with E-state index in [1.165, 1.54) is 30.3 Å². The quantitative estimate of drug-likeness (QED) is 0.260. The third-order valence-electron chi connectivity index (χ3n) is 4.05. The largest absolute Gasteiger partial charge is 0.348 e. The van der Waals surface area contributed by atoms with Crippen LogP contribution in [-0.4, -0.2) is 15.3 Å². The number of ketones is 1. The predicted octanol–water partition coefficient (Wildman–Crippen LogP) is 4.21. The topological polar surface area (TPSA) is 88.9 Å². The van der Waals surface area contributed by atoms with Crippen LogP contribution in [0.25, 0.3) is 6.08 Å². The van der Waals surface area contributed by atoms with Crippen LogP contribution in [0.4, 0.5) is 5.69 Å². The summed E-state index contributed by atoms with van der Waals surface area (Å²) < 4.78 is 2.06. The van der Waals surface area contributed by atoms with Gasteiger partial charge in [0.2, 0.25) is 5.78 Å². The predicted molar refractivity (Wildman–Crippen MR) is 95.2 cm³/mol. The SMILES string of the molecule is CCCn1c(C)cc(C(=O)/C(C#N)=C/c2ccc([N+](=O)[O-])cc2)c1C. The maximum atomic E-state index is 12.7. The second-order valence-electron chi connectivity index (χ2n) is 5.78. The van der Waals surface area contributed by atoms with Gasteiger partial charge in [-0.05, 0) is 50.1 Å². The Morgan fingerprint density at radius 1 is 1.32 bits per heavy atom. The van der Waals surface area contributed by atoms with Gasteiger partial charge in [-0.25, -0.2) is 0 Å². The van der Waals surface area contributed by atoms with Gasteiger partial charge in [0.1, 0.15) is 11.6 Å². The van der Waals surface area contributed by atoms with Gasteiger partial charge in [0.05, 0.1) is 4.92 Å². The van der Waals surface area contributed by atoms with E-state index >= 15 is 0 Å². The highest BCUT2D eigenvalue weighted by Crippen LogP contribution is 2.21. The van der Waals surface area contributed by atoms with Crippen molar-refractivity contribution in [3.63, 3.8) is 0 Å². The van der Waals surface area contributed by atoms with Gasteiger partial charge in [0.25, 0.3) is 5.69 Å². The number of hydrogen-bond acceptors (Lipinski definition) is 4. The molecule has 1 heterocycles. The monoisotopic (exact) mass is 337 g/mol. The molecule has 0 radical (unpaired) electrons. The lowest BCUT2D eigenvalue weighted by molar-refractivity contribution is -0.384. The Kier molecular flexibility index (Phi) is 5.50. The van der Waals surface area contributed by atoms with Crippen LogP contribution in [0.2, 0.25) is 0 Å². The molecular weight excluding hydrogens is 318 g/mol. The summed E-state index contributed by atoms with van der Waals surface area (Å²) in [6, 6.07) is 9.47. The van der Waals surface area contributed by atoms with Crippen molar-refractivity contribution in [2.45, 2.75) is 33.7 Å². The summed E-state index contributed by atoms with van der Waals surface area (Å²) in [4.78, 5) is 22.9. The second kappa shape index (κ2) is 7.58. The van der Waals surface area contributed by atoms with Gasteiger partial charge < -0.3 is 4.57 Å². The van der Waals surface area contributed by atoms with Gasteiger partial charge in [-0.2, -0.15) is 5.26 Å². The average molecular weight is 337 g/mol. The number of aromatic nitrogens is 1. The molecule has 25 heavy (non-hydrogen) atoms. The molecule has 0 aliphatic rings. The van der Waals surface area contributed by atoms with Crippen LogP contribution >= 0.6 is 0 Å². The number of carbonyl (C=O) groups excluding carboxylic acids is 1. The highest BCUT2D eigenvalue weighted by molar-refractivity contribution is 6.14. The van der Waals surface area contributed by atoms with Crippen LogP contribution in [0.5, 0.6) is 0 Å². The minimum absolute atomic E-state index is 0.00519. The molecule has 0 N–H and O–H groups in total. The first-order valence-electron chi connectivity index (χ1n) is 7.96. The summed E-state index contributed by atoms with van der Waals surface area (Å²) >= 11 is 0.